The Hall–Kier alpha value is -3.48. The monoisotopic (exact) mass is 377 g/mol. The quantitative estimate of drug-likeness (QED) is 0.612. The van der Waals surface area contributed by atoms with Gasteiger partial charge in [-0.25, -0.2) is 0 Å². The minimum Gasteiger partial charge on any atom is -0.447 e. The zero-order valence-electron chi connectivity index (χ0n) is 14.7. The molecule has 1 aliphatic carbocycles. The fourth-order valence-electron chi connectivity index (χ4n) is 4.93. The summed E-state index contributed by atoms with van der Waals surface area (Å²) in [5, 5.41) is 49.6. The van der Waals surface area contributed by atoms with Gasteiger partial charge in [-0.05, 0) is 30.5 Å². The number of nitrogens with zero attached hydrogens (tertiary/aromatic N) is 4. The number of rotatable bonds is 2. The minimum atomic E-state index is -2.02. The maximum Gasteiger partial charge on any atom is 0.269 e. The first-order chi connectivity index (χ1) is 13.4. The van der Waals surface area contributed by atoms with Gasteiger partial charge in [0, 0.05) is 18.6 Å². The van der Waals surface area contributed by atoms with Crippen LogP contribution in [0.3, 0.4) is 0 Å². The molecule has 0 amide bonds. The van der Waals surface area contributed by atoms with Gasteiger partial charge in [0.1, 0.15) is 6.10 Å². The van der Waals surface area contributed by atoms with E-state index in [4.69, 9.17) is 14.9 Å². The van der Waals surface area contributed by atoms with Crippen molar-refractivity contribution in [3.8, 4) is 18.2 Å². The van der Waals surface area contributed by atoms with Gasteiger partial charge < -0.3 is 9.47 Å². The van der Waals surface area contributed by atoms with Crippen LogP contribution in [0, 0.1) is 66.3 Å². The van der Waals surface area contributed by atoms with Crippen molar-refractivity contribution >= 4 is 11.6 Å². The highest BCUT2D eigenvalue weighted by Gasteiger charge is 2.80. The number of nitro groups is 1. The Labute approximate surface area is 160 Å². The number of nitro benzene ring substituents is 1. The highest BCUT2D eigenvalue weighted by atomic mass is 16.7. The number of hydrogen-bond donors (Lipinski definition) is 1. The van der Waals surface area contributed by atoms with Crippen molar-refractivity contribution in [2.45, 2.75) is 37.6 Å². The van der Waals surface area contributed by atoms with Crippen LogP contribution in [0.15, 0.2) is 24.3 Å². The summed E-state index contributed by atoms with van der Waals surface area (Å²) in [5.41, 5.74) is -3.57. The fourth-order valence-corrected chi connectivity index (χ4v) is 4.93. The summed E-state index contributed by atoms with van der Waals surface area (Å²) in [4.78, 5) is 10.4. The molecule has 0 spiro atoms. The standard InChI is InChI=1S/C19H15N5O4/c20-9-17(10-21)15(12-4-6-13(7-5-12)24(25)26)27-19-8-2-1-3-14(19)18(17,11-22)16(23)28-19/h4-7,14-15,23H,1-3,8H2/t14-,15-,18+,19-/m1/s1. The van der Waals surface area contributed by atoms with Gasteiger partial charge >= 0.3 is 0 Å². The molecule has 9 heteroatoms. The van der Waals surface area contributed by atoms with Gasteiger partial charge in [0.2, 0.25) is 17.1 Å². The van der Waals surface area contributed by atoms with Crippen LogP contribution in [0.5, 0.6) is 0 Å². The van der Waals surface area contributed by atoms with Crippen LogP contribution in [0.2, 0.25) is 0 Å². The van der Waals surface area contributed by atoms with Gasteiger partial charge in [-0.3, -0.25) is 15.5 Å². The summed E-state index contributed by atoms with van der Waals surface area (Å²) in [7, 11) is 0. The molecule has 1 aromatic carbocycles. The fraction of sp³-hybridized carbons (Fsp3) is 0.474. The van der Waals surface area contributed by atoms with Crippen molar-refractivity contribution < 1.29 is 14.4 Å². The molecule has 28 heavy (non-hydrogen) atoms. The van der Waals surface area contributed by atoms with E-state index in [2.05, 4.69) is 6.07 Å². The van der Waals surface area contributed by atoms with Crippen LogP contribution in [-0.2, 0) is 9.47 Å². The summed E-state index contributed by atoms with van der Waals surface area (Å²) in [6.07, 6.45) is 1.32. The van der Waals surface area contributed by atoms with E-state index < -0.39 is 39.5 Å². The maximum absolute atomic E-state index is 10.9. The Bertz CT molecular complexity index is 987. The molecule has 3 fully saturated rings. The maximum atomic E-state index is 10.9. The highest BCUT2D eigenvalue weighted by molar-refractivity contribution is 5.89. The average Bonchev–Trinajstić information content (AvgIpc) is 2.92. The highest BCUT2D eigenvalue weighted by Crippen LogP contribution is 2.69. The molecule has 2 bridgehead atoms. The molecule has 140 valence electrons. The van der Waals surface area contributed by atoms with Crippen LogP contribution < -0.4 is 0 Å². The third kappa shape index (κ3) is 1.88. The van der Waals surface area contributed by atoms with E-state index in [1.807, 2.05) is 12.1 Å². The van der Waals surface area contributed by atoms with Crippen LogP contribution >= 0.6 is 0 Å². The summed E-state index contributed by atoms with van der Waals surface area (Å²) < 4.78 is 12.0. The molecule has 0 aromatic heterocycles. The van der Waals surface area contributed by atoms with E-state index in [0.29, 0.717) is 18.4 Å². The smallest absolute Gasteiger partial charge is 0.269 e. The van der Waals surface area contributed by atoms with Gasteiger partial charge in [0.25, 0.3) is 5.69 Å². The number of benzene rings is 1. The second-order valence-corrected chi connectivity index (χ2v) is 7.34. The first kappa shape index (κ1) is 17.9. The lowest BCUT2D eigenvalue weighted by atomic mass is 9.51. The summed E-state index contributed by atoms with van der Waals surface area (Å²) in [5.74, 6) is -2.25. The first-order valence-electron chi connectivity index (χ1n) is 8.85. The van der Waals surface area contributed by atoms with E-state index in [-0.39, 0.29) is 5.69 Å². The van der Waals surface area contributed by atoms with Gasteiger partial charge in [-0.1, -0.05) is 6.42 Å². The molecule has 2 saturated heterocycles. The molecule has 3 aliphatic rings. The molecule has 9 nitrogen and oxygen atoms in total. The van der Waals surface area contributed by atoms with Gasteiger partial charge in [-0.15, -0.1) is 0 Å². The number of nitriles is 3. The number of hydrogen-bond acceptors (Lipinski definition) is 8. The Morgan fingerprint density at radius 3 is 2.39 bits per heavy atom. The lowest BCUT2D eigenvalue weighted by Crippen LogP contribution is -2.60. The molecule has 0 radical (unpaired) electrons. The summed E-state index contributed by atoms with van der Waals surface area (Å²) >= 11 is 0. The third-order valence-electron chi connectivity index (χ3n) is 6.22. The number of nitrogens with one attached hydrogen (secondary N) is 1. The van der Waals surface area contributed by atoms with Crippen molar-refractivity contribution in [3.05, 3.63) is 39.9 Å². The van der Waals surface area contributed by atoms with Crippen molar-refractivity contribution in [2.75, 3.05) is 0 Å². The molecule has 1 saturated carbocycles. The van der Waals surface area contributed by atoms with Crippen LogP contribution in [0.4, 0.5) is 5.69 Å². The Balaban J connectivity index is 1.94. The van der Waals surface area contributed by atoms with E-state index in [1.165, 1.54) is 24.3 Å². The molecule has 1 aromatic rings. The Morgan fingerprint density at radius 2 is 1.82 bits per heavy atom. The number of ether oxygens (including phenoxy) is 2. The van der Waals surface area contributed by atoms with E-state index in [9.17, 15) is 25.9 Å². The molecule has 0 unspecified atom stereocenters. The minimum absolute atomic E-state index is 0.144. The van der Waals surface area contributed by atoms with E-state index in [1.54, 1.807) is 0 Å². The van der Waals surface area contributed by atoms with Crippen LogP contribution in [0.25, 0.3) is 0 Å². The second-order valence-electron chi connectivity index (χ2n) is 7.34. The molecule has 4 rings (SSSR count). The van der Waals surface area contributed by atoms with Gasteiger partial charge in [-0.2, -0.15) is 15.8 Å². The van der Waals surface area contributed by atoms with Crippen LogP contribution in [0.1, 0.15) is 37.4 Å². The molecule has 1 N–H and O–H groups in total. The first-order valence-corrected chi connectivity index (χ1v) is 8.85. The van der Waals surface area contributed by atoms with Gasteiger partial charge in [0.15, 0.2) is 5.41 Å². The largest absolute Gasteiger partial charge is 0.447 e. The summed E-state index contributed by atoms with van der Waals surface area (Å²) in [6, 6.07) is 11.4. The zero-order valence-corrected chi connectivity index (χ0v) is 14.7. The predicted molar refractivity (Wildman–Crippen MR) is 92.1 cm³/mol. The normalized spacial score (nSPS) is 34.8. The summed E-state index contributed by atoms with van der Waals surface area (Å²) in [6.45, 7) is 0. The lowest BCUT2D eigenvalue weighted by Gasteiger charge is -2.51. The van der Waals surface area contributed by atoms with Gasteiger partial charge in [0.05, 0.1) is 29.0 Å². The van der Waals surface area contributed by atoms with Crippen molar-refractivity contribution in [1.29, 1.82) is 21.2 Å². The SMILES string of the molecule is N#CC1(C#N)[C@@H](c2ccc([N+](=O)[O-])cc2)O[C@@]23CCCC[C@@H]2[C@@]1(C#N)C(=N)O3. The van der Waals surface area contributed by atoms with E-state index >= 15 is 0 Å². The van der Waals surface area contributed by atoms with Crippen molar-refractivity contribution in [3.63, 3.8) is 0 Å². The lowest BCUT2D eigenvalue weighted by molar-refractivity contribution is -0.384. The zero-order chi connectivity index (χ0) is 20.2. The Kier molecular flexibility index (Phi) is 3.68. The molecular weight excluding hydrogens is 362 g/mol. The number of non-ortho nitro benzene ring substituents is 1. The molecular formula is C19H15N5O4. The van der Waals surface area contributed by atoms with Crippen molar-refractivity contribution in [2.24, 2.45) is 16.7 Å². The van der Waals surface area contributed by atoms with E-state index in [0.717, 1.165) is 12.8 Å². The van der Waals surface area contributed by atoms with Crippen molar-refractivity contribution in [1.82, 2.24) is 0 Å². The third-order valence-corrected chi connectivity index (χ3v) is 6.22. The Morgan fingerprint density at radius 1 is 1.14 bits per heavy atom. The van der Waals surface area contributed by atoms with Crippen LogP contribution in [-0.4, -0.2) is 16.6 Å². The molecule has 2 aliphatic heterocycles. The second kappa shape index (κ2) is 5.76. The predicted octanol–water partition coefficient (Wildman–Crippen LogP) is 3.10. The molecule has 2 heterocycles. The average molecular weight is 377 g/mol. The topological polar surface area (TPSA) is 157 Å². The molecule has 4 atom stereocenters.